The number of amides is 1. The Morgan fingerprint density at radius 1 is 1.54 bits per heavy atom. The Morgan fingerprint density at radius 3 is 3.04 bits per heavy atom. The third-order valence-corrected chi connectivity index (χ3v) is 5.29. The van der Waals surface area contributed by atoms with Crippen LogP contribution >= 0.6 is 11.3 Å². The van der Waals surface area contributed by atoms with Gasteiger partial charge in [0.2, 0.25) is 5.91 Å². The number of carbonyl (C=O) groups is 1. The molecule has 3 rings (SSSR count). The van der Waals surface area contributed by atoms with E-state index in [1.165, 1.54) is 11.3 Å². The molecule has 2 aromatic rings. The fourth-order valence-corrected chi connectivity index (χ4v) is 3.54. The van der Waals surface area contributed by atoms with E-state index in [1.807, 2.05) is 37.7 Å². The summed E-state index contributed by atoms with van der Waals surface area (Å²) in [6.45, 7) is 8.67. The van der Waals surface area contributed by atoms with Crippen molar-refractivity contribution in [2.24, 2.45) is 0 Å². The Labute approximate surface area is 145 Å². The van der Waals surface area contributed by atoms with E-state index in [0.717, 1.165) is 17.1 Å². The van der Waals surface area contributed by atoms with Crippen molar-refractivity contribution in [3.63, 3.8) is 0 Å². The Morgan fingerprint density at radius 2 is 2.38 bits per heavy atom. The minimum Gasteiger partial charge on any atom is -0.374 e. The second-order valence-corrected chi connectivity index (χ2v) is 7.24. The molecule has 0 aliphatic carbocycles. The van der Waals surface area contributed by atoms with Gasteiger partial charge < -0.3 is 10.1 Å². The molecule has 1 aliphatic rings. The second kappa shape index (κ2) is 7.42. The maximum absolute atomic E-state index is 12.5. The Bertz CT molecular complexity index is 665. The lowest BCUT2D eigenvalue weighted by Gasteiger charge is -2.35. The molecule has 1 saturated heterocycles. The number of morpholine rings is 1. The van der Waals surface area contributed by atoms with Crippen LogP contribution < -0.4 is 5.32 Å². The number of carbonyl (C=O) groups excluding carboxylic acids is 1. The van der Waals surface area contributed by atoms with Crippen LogP contribution in [-0.4, -0.2) is 57.4 Å². The van der Waals surface area contributed by atoms with Gasteiger partial charge in [0.05, 0.1) is 31.0 Å². The largest absolute Gasteiger partial charge is 0.374 e. The summed E-state index contributed by atoms with van der Waals surface area (Å²) >= 11 is 1.51. The van der Waals surface area contributed by atoms with Crippen molar-refractivity contribution in [3.05, 3.63) is 29.0 Å². The molecule has 1 N–H and O–H groups in total. The van der Waals surface area contributed by atoms with Gasteiger partial charge in [-0.25, -0.2) is 4.98 Å². The third kappa shape index (κ3) is 4.00. The highest BCUT2D eigenvalue weighted by Gasteiger charge is 2.28. The van der Waals surface area contributed by atoms with Gasteiger partial charge in [-0.3, -0.25) is 14.4 Å². The maximum Gasteiger partial charge on any atom is 0.243 e. The fourth-order valence-electron chi connectivity index (χ4n) is 2.72. The van der Waals surface area contributed by atoms with Crippen molar-refractivity contribution in [2.75, 3.05) is 25.0 Å². The normalized spacial score (nSPS) is 20.0. The molecule has 1 aliphatic heterocycles. The first-order chi connectivity index (χ1) is 11.5. The maximum atomic E-state index is 12.5. The number of anilines is 1. The molecular weight excluding hydrogens is 326 g/mol. The van der Waals surface area contributed by atoms with Crippen LogP contribution in [0.15, 0.2) is 18.5 Å². The van der Waals surface area contributed by atoms with Gasteiger partial charge >= 0.3 is 0 Å². The van der Waals surface area contributed by atoms with E-state index >= 15 is 0 Å². The predicted octanol–water partition coefficient (Wildman–Crippen LogP) is 1.68. The molecular formula is C16H23N5O2S. The van der Waals surface area contributed by atoms with Crippen molar-refractivity contribution in [2.45, 2.75) is 39.5 Å². The zero-order valence-corrected chi connectivity index (χ0v) is 15.0. The first-order valence-corrected chi connectivity index (χ1v) is 8.92. The Balaban J connectivity index is 1.56. The lowest BCUT2D eigenvalue weighted by molar-refractivity contribution is -0.124. The first kappa shape index (κ1) is 17.1. The van der Waals surface area contributed by atoms with Crippen molar-refractivity contribution < 1.29 is 9.53 Å². The minimum atomic E-state index is -0.224. The summed E-state index contributed by atoms with van der Waals surface area (Å²) in [5.41, 5.74) is 0.966. The quantitative estimate of drug-likeness (QED) is 0.889. The first-order valence-electron chi connectivity index (χ1n) is 8.11. The van der Waals surface area contributed by atoms with Gasteiger partial charge in [0.1, 0.15) is 0 Å². The standard InChI is InChI=1S/C16H23N5O2S/c1-11-13(3)24-16(18-11)19-15(22)12(2)20-7-8-23-14(9-20)10-21-6-4-5-17-21/h4-6,12,14H,7-10H2,1-3H3,(H,18,19,22)/t12-,14+/m0/s1. The molecule has 0 spiro atoms. The van der Waals surface area contributed by atoms with E-state index in [1.54, 1.807) is 6.20 Å². The zero-order valence-electron chi connectivity index (χ0n) is 14.2. The molecule has 0 radical (unpaired) electrons. The van der Waals surface area contributed by atoms with Crippen LogP contribution in [0, 0.1) is 13.8 Å². The highest BCUT2D eigenvalue weighted by atomic mass is 32.1. The SMILES string of the molecule is Cc1nc(NC(=O)[C@H](C)N2CCO[C@@H](Cn3cccn3)C2)sc1C. The van der Waals surface area contributed by atoms with Gasteiger partial charge in [0.15, 0.2) is 5.13 Å². The summed E-state index contributed by atoms with van der Waals surface area (Å²) in [6.07, 6.45) is 3.72. The number of nitrogens with zero attached hydrogens (tertiary/aromatic N) is 4. The molecule has 0 aromatic carbocycles. The van der Waals surface area contributed by atoms with Crippen LogP contribution in [0.5, 0.6) is 0 Å². The van der Waals surface area contributed by atoms with Gasteiger partial charge in [0.25, 0.3) is 0 Å². The Kier molecular flexibility index (Phi) is 5.27. The topological polar surface area (TPSA) is 72.3 Å². The number of rotatable bonds is 5. The summed E-state index contributed by atoms with van der Waals surface area (Å²) in [5.74, 6) is -0.0245. The highest BCUT2D eigenvalue weighted by molar-refractivity contribution is 7.15. The van der Waals surface area contributed by atoms with Crippen LogP contribution in [-0.2, 0) is 16.1 Å². The fraction of sp³-hybridized carbons (Fsp3) is 0.562. The lowest BCUT2D eigenvalue weighted by atomic mass is 10.2. The molecule has 24 heavy (non-hydrogen) atoms. The van der Waals surface area contributed by atoms with Gasteiger partial charge in [-0.1, -0.05) is 0 Å². The molecule has 2 aromatic heterocycles. The average molecular weight is 349 g/mol. The number of hydrogen-bond acceptors (Lipinski definition) is 6. The smallest absolute Gasteiger partial charge is 0.243 e. The number of nitrogens with one attached hydrogen (secondary N) is 1. The lowest BCUT2D eigenvalue weighted by Crippen LogP contribution is -2.51. The highest BCUT2D eigenvalue weighted by Crippen LogP contribution is 2.21. The zero-order chi connectivity index (χ0) is 17.1. The van der Waals surface area contributed by atoms with Crippen LogP contribution in [0.2, 0.25) is 0 Å². The summed E-state index contributed by atoms with van der Waals surface area (Å²) in [5, 5.41) is 7.81. The van der Waals surface area contributed by atoms with Crippen molar-refractivity contribution >= 4 is 22.4 Å². The minimum absolute atomic E-state index is 0.0245. The summed E-state index contributed by atoms with van der Waals surface area (Å²) < 4.78 is 7.67. The van der Waals surface area contributed by atoms with E-state index in [9.17, 15) is 4.79 Å². The molecule has 7 nitrogen and oxygen atoms in total. The Hall–Kier alpha value is -1.77. The average Bonchev–Trinajstić information content (AvgIpc) is 3.17. The van der Waals surface area contributed by atoms with E-state index in [0.29, 0.717) is 24.8 Å². The van der Waals surface area contributed by atoms with Crippen LogP contribution in [0.3, 0.4) is 0 Å². The van der Waals surface area contributed by atoms with Gasteiger partial charge in [-0.15, -0.1) is 11.3 Å². The van der Waals surface area contributed by atoms with Crippen LogP contribution in [0.25, 0.3) is 0 Å². The molecule has 130 valence electrons. The van der Waals surface area contributed by atoms with E-state index in [4.69, 9.17) is 4.74 Å². The van der Waals surface area contributed by atoms with Gasteiger partial charge in [-0.05, 0) is 26.8 Å². The number of ether oxygens (including phenoxy) is 1. The van der Waals surface area contributed by atoms with Gasteiger partial charge in [-0.2, -0.15) is 5.10 Å². The van der Waals surface area contributed by atoms with Gasteiger partial charge in [0, 0.05) is 30.4 Å². The molecule has 0 saturated carbocycles. The predicted molar refractivity (Wildman–Crippen MR) is 93.2 cm³/mol. The molecule has 2 atom stereocenters. The van der Waals surface area contributed by atoms with E-state index in [2.05, 4.69) is 20.3 Å². The van der Waals surface area contributed by atoms with Crippen molar-refractivity contribution in [3.8, 4) is 0 Å². The summed E-state index contributed by atoms with van der Waals surface area (Å²) in [6, 6.07) is 1.67. The third-order valence-electron chi connectivity index (χ3n) is 4.31. The van der Waals surface area contributed by atoms with E-state index < -0.39 is 0 Å². The summed E-state index contributed by atoms with van der Waals surface area (Å²) in [4.78, 5) is 20.2. The molecule has 1 amide bonds. The molecule has 0 bridgehead atoms. The summed E-state index contributed by atoms with van der Waals surface area (Å²) in [7, 11) is 0. The van der Waals surface area contributed by atoms with E-state index in [-0.39, 0.29) is 18.1 Å². The number of aromatic nitrogens is 3. The van der Waals surface area contributed by atoms with Crippen LogP contribution in [0.4, 0.5) is 5.13 Å². The van der Waals surface area contributed by atoms with Crippen molar-refractivity contribution in [1.82, 2.24) is 19.7 Å². The second-order valence-electron chi connectivity index (χ2n) is 6.04. The molecule has 8 heteroatoms. The number of aryl methyl sites for hydroxylation is 2. The monoisotopic (exact) mass is 349 g/mol. The van der Waals surface area contributed by atoms with Crippen LogP contribution in [0.1, 0.15) is 17.5 Å². The molecule has 3 heterocycles. The molecule has 0 unspecified atom stereocenters. The number of hydrogen-bond donors (Lipinski definition) is 1. The number of thiazole rings is 1. The van der Waals surface area contributed by atoms with Crippen molar-refractivity contribution in [1.29, 1.82) is 0 Å². The molecule has 1 fully saturated rings.